The van der Waals surface area contributed by atoms with Crippen LogP contribution in [0.25, 0.3) is 0 Å². The van der Waals surface area contributed by atoms with E-state index in [2.05, 4.69) is 40.0 Å². The molecule has 2 heterocycles. The van der Waals surface area contributed by atoms with Gasteiger partial charge in [0.05, 0.1) is 5.69 Å². The largest absolute Gasteiger partial charge is 0.388 e. The van der Waals surface area contributed by atoms with Gasteiger partial charge in [-0.25, -0.2) is 0 Å². The van der Waals surface area contributed by atoms with Gasteiger partial charge in [0.1, 0.15) is 0 Å². The number of hydrogen-bond acceptors (Lipinski definition) is 4. The van der Waals surface area contributed by atoms with Crippen molar-refractivity contribution in [2.75, 3.05) is 31.2 Å². The lowest BCUT2D eigenvalue weighted by Gasteiger charge is -2.30. The molecule has 0 saturated carbocycles. The Bertz CT molecular complexity index is 343. The molecule has 1 fully saturated rings. The summed E-state index contributed by atoms with van der Waals surface area (Å²) in [5, 5.41) is 3.90. The van der Waals surface area contributed by atoms with Gasteiger partial charge in [-0.2, -0.15) is 11.8 Å². The number of thioether (sulfide) groups is 1. The first-order valence-corrected chi connectivity index (χ1v) is 6.79. The SMILES string of the molecule is CNc1ccnc(CN2CCSC(C)C2)c1. The van der Waals surface area contributed by atoms with Gasteiger partial charge >= 0.3 is 0 Å². The quantitative estimate of drug-likeness (QED) is 0.871. The second-order valence-electron chi connectivity index (χ2n) is 4.20. The van der Waals surface area contributed by atoms with Crippen LogP contribution < -0.4 is 5.32 Å². The molecular weight excluding hydrogens is 218 g/mol. The maximum atomic E-state index is 4.42. The van der Waals surface area contributed by atoms with E-state index in [1.54, 1.807) is 0 Å². The predicted octanol–water partition coefficient (Wildman–Crippen LogP) is 2.06. The Labute approximate surface area is 102 Å². The van der Waals surface area contributed by atoms with Gasteiger partial charge in [-0.3, -0.25) is 9.88 Å². The van der Waals surface area contributed by atoms with Crippen LogP contribution in [0.15, 0.2) is 18.3 Å². The summed E-state index contributed by atoms with van der Waals surface area (Å²) in [7, 11) is 1.94. The summed E-state index contributed by atoms with van der Waals surface area (Å²) in [6, 6.07) is 4.13. The first-order valence-electron chi connectivity index (χ1n) is 5.74. The smallest absolute Gasteiger partial charge is 0.0564 e. The van der Waals surface area contributed by atoms with Gasteiger partial charge in [-0.1, -0.05) is 6.92 Å². The molecule has 1 N–H and O–H groups in total. The third-order valence-electron chi connectivity index (χ3n) is 2.82. The Morgan fingerprint density at radius 1 is 1.62 bits per heavy atom. The van der Waals surface area contributed by atoms with Crippen molar-refractivity contribution in [3.05, 3.63) is 24.0 Å². The van der Waals surface area contributed by atoms with Crippen LogP contribution in [-0.4, -0.2) is 41.0 Å². The van der Waals surface area contributed by atoms with Gasteiger partial charge in [0.2, 0.25) is 0 Å². The second kappa shape index (κ2) is 5.55. The molecule has 2 rings (SSSR count). The number of anilines is 1. The van der Waals surface area contributed by atoms with E-state index >= 15 is 0 Å². The number of pyridine rings is 1. The van der Waals surface area contributed by atoms with Crippen LogP contribution in [0.4, 0.5) is 5.69 Å². The van der Waals surface area contributed by atoms with Gasteiger partial charge in [0, 0.05) is 49.6 Å². The number of hydrogen-bond donors (Lipinski definition) is 1. The zero-order chi connectivity index (χ0) is 11.4. The topological polar surface area (TPSA) is 28.2 Å². The highest BCUT2D eigenvalue weighted by atomic mass is 32.2. The zero-order valence-corrected chi connectivity index (χ0v) is 10.8. The van der Waals surface area contributed by atoms with Crippen molar-refractivity contribution in [1.82, 2.24) is 9.88 Å². The normalized spacial score (nSPS) is 22.0. The first kappa shape index (κ1) is 11.7. The second-order valence-corrected chi connectivity index (χ2v) is 5.75. The third kappa shape index (κ3) is 3.12. The Hall–Kier alpha value is -0.740. The van der Waals surface area contributed by atoms with E-state index in [-0.39, 0.29) is 0 Å². The molecule has 1 atom stereocenters. The van der Waals surface area contributed by atoms with Crippen molar-refractivity contribution in [3.63, 3.8) is 0 Å². The van der Waals surface area contributed by atoms with Crippen molar-refractivity contribution in [2.24, 2.45) is 0 Å². The van der Waals surface area contributed by atoms with Crippen molar-refractivity contribution in [2.45, 2.75) is 18.7 Å². The summed E-state index contributed by atoms with van der Waals surface area (Å²) >= 11 is 2.07. The number of nitrogens with zero attached hydrogens (tertiary/aromatic N) is 2. The maximum absolute atomic E-state index is 4.42. The van der Waals surface area contributed by atoms with Gasteiger partial charge in [-0.15, -0.1) is 0 Å². The van der Waals surface area contributed by atoms with E-state index in [1.807, 2.05) is 19.3 Å². The standard InChI is InChI=1S/C12H19N3S/c1-10-8-15(5-6-16-10)9-12-7-11(13-2)3-4-14-12/h3-4,7,10H,5-6,8-9H2,1-2H3,(H,13,14). The van der Waals surface area contributed by atoms with Crippen LogP contribution in [0.3, 0.4) is 0 Å². The Morgan fingerprint density at radius 2 is 2.50 bits per heavy atom. The summed E-state index contributed by atoms with van der Waals surface area (Å²) in [6.07, 6.45) is 1.88. The van der Waals surface area contributed by atoms with Crippen LogP contribution in [0.1, 0.15) is 12.6 Å². The molecule has 1 aromatic rings. The molecule has 0 spiro atoms. The molecule has 0 bridgehead atoms. The summed E-state index contributed by atoms with van der Waals surface area (Å²) in [4.78, 5) is 6.91. The fourth-order valence-electron chi connectivity index (χ4n) is 1.98. The Balaban J connectivity index is 1.97. The predicted molar refractivity (Wildman–Crippen MR) is 71.0 cm³/mol. The average Bonchev–Trinajstić information content (AvgIpc) is 2.29. The van der Waals surface area contributed by atoms with E-state index in [1.165, 1.54) is 18.8 Å². The minimum Gasteiger partial charge on any atom is -0.388 e. The van der Waals surface area contributed by atoms with Crippen LogP contribution >= 0.6 is 11.8 Å². The van der Waals surface area contributed by atoms with Gasteiger partial charge in [0.25, 0.3) is 0 Å². The zero-order valence-electron chi connectivity index (χ0n) is 9.94. The minimum absolute atomic E-state index is 0.751. The highest BCUT2D eigenvalue weighted by Crippen LogP contribution is 2.19. The van der Waals surface area contributed by atoms with E-state index in [4.69, 9.17) is 0 Å². The van der Waals surface area contributed by atoms with E-state index < -0.39 is 0 Å². The van der Waals surface area contributed by atoms with Crippen LogP contribution in [-0.2, 0) is 6.54 Å². The molecule has 4 heteroatoms. The molecule has 16 heavy (non-hydrogen) atoms. The maximum Gasteiger partial charge on any atom is 0.0564 e. The third-order valence-corrected chi connectivity index (χ3v) is 3.95. The van der Waals surface area contributed by atoms with Crippen LogP contribution in [0, 0.1) is 0 Å². The highest BCUT2D eigenvalue weighted by Gasteiger charge is 2.16. The fourth-order valence-corrected chi connectivity index (χ4v) is 3.07. The van der Waals surface area contributed by atoms with Crippen molar-refractivity contribution in [3.8, 4) is 0 Å². The molecule has 0 aliphatic carbocycles. The van der Waals surface area contributed by atoms with E-state index in [9.17, 15) is 0 Å². The molecule has 1 aliphatic heterocycles. The molecule has 88 valence electrons. The van der Waals surface area contributed by atoms with Crippen molar-refractivity contribution >= 4 is 17.4 Å². The van der Waals surface area contributed by atoms with Crippen molar-refractivity contribution < 1.29 is 0 Å². The van der Waals surface area contributed by atoms with Gasteiger partial charge < -0.3 is 5.32 Å². The molecule has 0 aromatic carbocycles. The fraction of sp³-hybridized carbons (Fsp3) is 0.583. The molecule has 1 saturated heterocycles. The monoisotopic (exact) mass is 237 g/mol. The first-order chi connectivity index (χ1) is 7.78. The molecule has 1 unspecified atom stereocenters. The van der Waals surface area contributed by atoms with Crippen LogP contribution in [0.5, 0.6) is 0 Å². The average molecular weight is 237 g/mol. The summed E-state index contributed by atoms with van der Waals surface area (Å²) < 4.78 is 0. The Kier molecular flexibility index (Phi) is 4.07. The summed E-state index contributed by atoms with van der Waals surface area (Å²) in [5.41, 5.74) is 2.30. The van der Waals surface area contributed by atoms with Crippen LogP contribution in [0.2, 0.25) is 0 Å². The minimum atomic E-state index is 0.751. The van der Waals surface area contributed by atoms with Gasteiger partial charge in [-0.05, 0) is 12.1 Å². The summed E-state index contributed by atoms with van der Waals surface area (Å²) in [5.74, 6) is 1.24. The van der Waals surface area contributed by atoms with Gasteiger partial charge in [0.15, 0.2) is 0 Å². The lowest BCUT2D eigenvalue weighted by Crippen LogP contribution is -2.36. The van der Waals surface area contributed by atoms with E-state index in [0.717, 1.165) is 23.2 Å². The molecule has 0 amide bonds. The molecule has 1 aliphatic rings. The lowest BCUT2D eigenvalue weighted by molar-refractivity contribution is 0.275. The highest BCUT2D eigenvalue weighted by molar-refractivity contribution is 7.99. The molecule has 3 nitrogen and oxygen atoms in total. The number of rotatable bonds is 3. The number of nitrogens with one attached hydrogen (secondary N) is 1. The lowest BCUT2D eigenvalue weighted by atomic mass is 10.3. The number of aromatic nitrogens is 1. The molecule has 0 radical (unpaired) electrons. The summed E-state index contributed by atoms with van der Waals surface area (Å²) in [6.45, 7) is 5.63. The molecular formula is C12H19N3S. The van der Waals surface area contributed by atoms with Crippen molar-refractivity contribution in [1.29, 1.82) is 0 Å². The van der Waals surface area contributed by atoms with E-state index in [0.29, 0.717) is 0 Å². The molecule has 1 aromatic heterocycles. The Morgan fingerprint density at radius 3 is 3.25 bits per heavy atom.